The van der Waals surface area contributed by atoms with E-state index >= 15 is 0 Å². The van der Waals surface area contributed by atoms with Crippen LogP contribution in [0.1, 0.15) is 30.2 Å². The van der Waals surface area contributed by atoms with Gasteiger partial charge in [0.05, 0.1) is 0 Å². The summed E-state index contributed by atoms with van der Waals surface area (Å²) in [5.41, 5.74) is 4.29. The third-order valence-corrected chi connectivity index (χ3v) is 3.85. The Bertz CT molecular complexity index is 771. The molecule has 0 saturated carbocycles. The van der Waals surface area contributed by atoms with Crippen LogP contribution in [0.3, 0.4) is 0 Å². The maximum absolute atomic E-state index is 12.3. The number of nitrogens with zero attached hydrogens (tertiary/aromatic N) is 2. The summed E-state index contributed by atoms with van der Waals surface area (Å²) in [6.45, 7) is 2.17. The summed E-state index contributed by atoms with van der Waals surface area (Å²) >= 11 is 0. The van der Waals surface area contributed by atoms with E-state index in [1.54, 1.807) is 6.20 Å². The molecule has 0 aliphatic carbocycles. The molecule has 0 bridgehead atoms. The molecule has 0 atom stereocenters. The standard InChI is InChI=1S/C19H20N2O/c1-2-4-15-7-9-16(10-8-15)13-18(22)14-17-5-3-6-19-20-11-12-21(17)19/h3,5-12H,2,4,13-14H2,1H3. The van der Waals surface area contributed by atoms with E-state index < -0.39 is 0 Å². The average molecular weight is 292 g/mol. The molecule has 0 saturated heterocycles. The van der Waals surface area contributed by atoms with E-state index in [0.29, 0.717) is 12.8 Å². The van der Waals surface area contributed by atoms with Gasteiger partial charge < -0.3 is 4.40 Å². The largest absolute Gasteiger partial charge is 0.304 e. The molecule has 3 heteroatoms. The number of imidazole rings is 1. The summed E-state index contributed by atoms with van der Waals surface area (Å²) in [6.07, 6.45) is 6.82. The SMILES string of the molecule is CCCc1ccc(CC(=O)Cc2cccc3nccn23)cc1. The number of benzene rings is 1. The fraction of sp³-hybridized carbons (Fsp3) is 0.263. The monoisotopic (exact) mass is 292 g/mol. The van der Waals surface area contributed by atoms with Crippen LogP contribution < -0.4 is 0 Å². The molecule has 0 aliphatic heterocycles. The molecule has 112 valence electrons. The summed E-state index contributed by atoms with van der Waals surface area (Å²) in [5.74, 6) is 0.226. The van der Waals surface area contributed by atoms with Crippen molar-refractivity contribution >= 4 is 11.4 Å². The number of hydrogen-bond donors (Lipinski definition) is 0. The van der Waals surface area contributed by atoms with Crippen LogP contribution in [0.5, 0.6) is 0 Å². The van der Waals surface area contributed by atoms with Gasteiger partial charge in [0, 0.05) is 30.9 Å². The predicted octanol–water partition coefficient (Wildman–Crippen LogP) is 3.64. The molecule has 3 nitrogen and oxygen atoms in total. The second-order valence-electron chi connectivity index (χ2n) is 5.63. The fourth-order valence-electron chi connectivity index (χ4n) is 2.76. The van der Waals surface area contributed by atoms with Gasteiger partial charge in [0.25, 0.3) is 0 Å². The van der Waals surface area contributed by atoms with Crippen LogP contribution in [0.2, 0.25) is 0 Å². The number of aromatic nitrogens is 2. The Hall–Kier alpha value is -2.42. The summed E-state index contributed by atoms with van der Waals surface area (Å²) in [7, 11) is 0. The second-order valence-corrected chi connectivity index (χ2v) is 5.63. The number of fused-ring (bicyclic) bond motifs is 1. The van der Waals surface area contributed by atoms with Gasteiger partial charge in [-0.1, -0.05) is 43.7 Å². The summed E-state index contributed by atoms with van der Waals surface area (Å²) in [5, 5.41) is 0. The Morgan fingerprint density at radius 3 is 2.59 bits per heavy atom. The number of rotatable bonds is 6. The Morgan fingerprint density at radius 1 is 1.05 bits per heavy atom. The lowest BCUT2D eigenvalue weighted by Crippen LogP contribution is -2.09. The lowest BCUT2D eigenvalue weighted by atomic mass is 10.0. The maximum Gasteiger partial charge on any atom is 0.143 e. The molecule has 3 rings (SSSR count). The van der Waals surface area contributed by atoms with Crippen LogP contribution in [0.25, 0.3) is 5.65 Å². The lowest BCUT2D eigenvalue weighted by Gasteiger charge is -2.06. The number of Topliss-reactive ketones (excluding diaryl/α,β-unsaturated/α-hetero) is 1. The van der Waals surface area contributed by atoms with Gasteiger partial charge in [-0.05, 0) is 29.7 Å². The molecule has 0 fully saturated rings. The minimum atomic E-state index is 0.226. The third kappa shape index (κ3) is 3.25. The Balaban J connectivity index is 1.68. The molecule has 3 aromatic rings. The van der Waals surface area contributed by atoms with Crippen LogP contribution in [0.4, 0.5) is 0 Å². The quantitative estimate of drug-likeness (QED) is 0.695. The van der Waals surface area contributed by atoms with Gasteiger partial charge in [-0.25, -0.2) is 4.98 Å². The molecule has 0 N–H and O–H groups in total. The molecule has 1 aromatic carbocycles. The Kier molecular flexibility index (Phi) is 4.33. The van der Waals surface area contributed by atoms with Gasteiger partial charge in [0.1, 0.15) is 11.4 Å². The number of carbonyl (C=O) groups is 1. The minimum Gasteiger partial charge on any atom is -0.304 e. The van der Waals surface area contributed by atoms with E-state index in [1.165, 1.54) is 5.56 Å². The fourth-order valence-corrected chi connectivity index (χ4v) is 2.76. The number of hydrogen-bond acceptors (Lipinski definition) is 2. The first kappa shape index (κ1) is 14.5. The molecule has 0 spiro atoms. The first-order valence-electron chi connectivity index (χ1n) is 7.76. The molecule has 2 heterocycles. The smallest absolute Gasteiger partial charge is 0.143 e. The summed E-state index contributed by atoms with van der Waals surface area (Å²) < 4.78 is 1.97. The zero-order chi connectivity index (χ0) is 15.4. The second kappa shape index (κ2) is 6.56. The van der Waals surface area contributed by atoms with Crippen molar-refractivity contribution < 1.29 is 4.79 Å². The van der Waals surface area contributed by atoms with Gasteiger partial charge >= 0.3 is 0 Å². The predicted molar refractivity (Wildman–Crippen MR) is 88.0 cm³/mol. The highest BCUT2D eigenvalue weighted by molar-refractivity contribution is 5.83. The Morgan fingerprint density at radius 2 is 1.82 bits per heavy atom. The van der Waals surface area contributed by atoms with Gasteiger partial charge in [0.2, 0.25) is 0 Å². The van der Waals surface area contributed by atoms with Crippen molar-refractivity contribution in [2.75, 3.05) is 0 Å². The van der Waals surface area contributed by atoms with Crippen LogP contribution in [0, 0.1) is 0 Å². The topological polar surface area (TPSA) is 34.4 Å². The number of aryl methyl sites for hydroxylation is 1. The molecular weight excluding hydrogens is 272 g/mol. The summed E-state index contributed by atoms with van der Waals surface area (Å²) in [4.78, 5) is 16.6. The first-order chi connectivity index (χ1) is 10.8. The van der Waals surface area contributed by atoms with Crippen LogP contribution in [-0.2, 0) is 24.1 Å². The molecule has 0 amide bonds. The maximum atomic E-state index is 12.3. The number of pyridine rings is 1. The molecule has 2 aromatic heterocycles. The summed E-state index contributed by atoms with van der Waals surface area (Å²) in [6, 6.07) is 14.3. The normalized spacial score (nSPS) is 11.0. The van der Waals surface area contributed by atoms with E-state index in [4.69, 9.17) is 0 Å². The van der Waals surface area contributed by atoms with Crippen molar-refractivity contribution in [1.29, 1.82) is 0 Å². The van der Waals surface area contributed by atoms with Crippen molar-refractivity contribution in [2.45, 2.75) is 32.6 Å². The molecular formula is C19H20N2O. The van der Waals surface area contributed by atoms with Gasteiger partial charge in [0.15, 0.2) is 0 Å². The molecule has 0 unspecified atom stereocenters. The van der Waals surface area contributed by atoms with Gasteiger partial charge in [-0.2, -0.15) is 0 Å². The van der Waals surface area contributed by atoms with Crippen molar-refractivity contribution in [3.8, 4) is 0 Å². The number of carbonyl (C=O) groups excluding carboxylic acids is 1. The average Bonchev–Trinajstić information content (AvgIpc) is 2.99. The molecule has 0 radical (unpaired) electrons. The van der Waals surface area contributed by atoms with Crippen molar-refractivity contribution in [3.05, 3.63) is 71.7 Å². The molecule has 22 heavy (non-hydrogen) atoms. The zero-order valence-electron chi connectivity index (χ0n) is 12.8. The van der Waals surface area contributed by atoms with E-state index in [9.17, 15) is 4.79 Å². The highest BCUT2D eigenvalue weighted by Crippen LogP contribution is 2.11. The van der Waals surface area contributed by atoms with Crippen molar-refractivity contribution in [1.82, 2.24) is 9.38 Å². The lowest BCUT2D eigenvalue weighted by molar-refractivity contribution is -0.117. The first-order valence-corrected chi connectivity index (χ1v) is 7.76. The van der Waals surface area contributed by atoms with Crippen molar-refractivity contribution in [2.24, 2.45) is 0 Å². The van der Waals surface area contributed by atoms with Crippen molar-refractivity contribution in [3.63, 3.8) is 0 Å². The van der Waals surface area contributed by atoms with Crippen LogP contribution in [0.15, 0.2) is 54.9 Å². The van der Waals surface area contributed by atoms with E-state index in [1.807, 2.05) is 28.8 Å². The number of ketones is 1. The van der Waals surface area contributed by atoms with Gasteiger partial charge in [-0.15, -0.1) is 0 Å². The van der Waals surface area contributed by atoms with Crippen LogP contribution in [-0.4, -0.2) is 15.2 Å². The van der Waals surface area contributed by atoms with E-state index in [0.717, 1.165) is 29.7 Å². The van der Waals surface area contributed by atoms with E-state index in [2.05, 4.69) is 36.2 Å². The highest BCUT2D eigenvalue weighted by atomic mass is 16.1. The highest BCUT2D eigenvalue weighted by Gasteiger charge is 2.08. The third-order valence-electron chi connectivity index (χ3n) is 3.85. The van der Waals surface area contributed by atoms with Gasteiger partial charge in [-0.3, -0.25) is 4.79 Å². The van der Waals surface area contributed by atoms with Crippen LogP contribution >= 0.6 is 0 Å². The van der Waals surface area contributed by atoms with E-state index in [-0.39, 0.29) is 5.78 Å². The molecule has 0 aliphatic rings. The minimum absolute atomic E-state index is 0.226. The zero-order valence-corrected chi connectivity index (χ0v) is 12.8. The Labute approximate surface area is 130 Å².